The summed E-state index contributed by atoms with van der Waals surface area (Å²) in [5.74, 6) is -1.03. The van der Waals surface area contributed by atoms with Crippen LogP contribution in [-0.4, -0.2) is 21.9 Å². The third-order valence-electron chi connectivity index (χ3n) is 2.86. The lowest BCUT2D eigenvalue weighted by molar-refractivity contribution is -0.133. The molecule has 0 unspecified atom stereocenters. The van der Waals surface area contributed by atoms with E-state index in [0.29, 0.717) is 11.5 Å². The number of aromatic nitrogens is 1. The largest absolute Gasteiger partial charge is 0.324 e. The summed E-state index contributed by atoms with van der Waals surface area (Å²) >= 11 is 5.25. The number of hydrogen-bond donors (Lipinski definition) is 0. The second kappa shape index (κ2) is 4.82. The van der Waals surface area contributed by atoms with Crippen LogP contribution >= 0.6 is 12.2 Å². The van der Waals surface area contributed by atoms with Crippen LogP contribution in [0, 0.1) is 0 Å². The quantitative estimate of drug-likeness (QED) is 0.622. The maximum Gasteiger partial charge on any atom is 0.324 e. The molecule has 1 aliphatic heterocycles. The number of benzene rings is 1. The minimum Gasteiger partial charge on any atom is -0.263 e. The Morgan fingerprint density at radius 2 is 1.50 bits per heavy atom. The van der Waals surface area contributed by atoms with Gasteiger partial charge in [-0.25, -0.2) is 14.8 Å². The minimum absolute atomic E-state index is 0.116. The average Bonchev–Trinajstić information content (AvgIpc) is 2.71. The SMILES string of the molecule is O=C1C(=O)N(c2ccccn2)C(=S)N1c1ccccc1. The number of carbonyl (C=O) groups excluding carboxylic acids is 2. The Bertz CT molecular complexity index is 629. The van der Waals surface area contributed by atoms with Gasteiger partial charge in [0.1, 0.15) is 5.82 Å². The van der Waals surface area contributed by atoms with E-state index in [1.807, 2.05) is 6.07 Å². The van der Waals surface area contributed by atoms with Crippen LogP contribution in [0.15, 0.2) is 54.7 Å². The van der Waals surface area contributed by atoms with E-state index in [1.165, 1.54) is 4.90 Å². The molecule has 0 bridgehead atoms. The normalized spacial score (nSPS) is 15.1. The van der Waals surface area contributed by atoms with Crippen LogP contribution in [0.2, 0.25) is 0 Å². The zero-order chi connectivity index (χ0) is 14.1. The highest BCUT2D eigenvalue weighted by Gasteiger charge is 2.43. The third-order valence-corrected chi connectivity index (χ3v) is 3.23. The molecule has 98 valence electrons. The van der Waals surface area contributed by atoms with Gasteiger partial charge in [-0.3, -0.25) is 9.59 Å². The maximum atomic E-state index is 12.1. The van der Waals surface area contributed by atoms with Gasteiger partial charge >= 0.3 is 11.8 Å². The first kappa shape index (κ1) is 12.4. The van der Waals surface area contributed by atoms with Crippen molar-refractivity contribution in [2.24, 2.45) is 0 Å². The van der Waals surface area contributed by atoms with E-state index in [2.05, 4.69) is 4.98 Å². The van der Waals surface area contributed by atoms with Gasteiger partial charge in [-0.05, 0) is 36.5 Å². The molecule has 1 aliphatic rings. The van der Waals surface area contributed by atoms with Crippen LogP contribution < -0.4 is 9.80 Å². The van der Waals surface area contributed by atoms with Crippen LogP contribution in [0.4, 0.5) is 11.5 Å². The third kappa shape index (κ3) is 1.86. The van der Waals surface area contributed by atoms with Crippen molar-refractivity contribution < 1.29 is 9.59 Å². The van der Waals surface area contributed by atoms with Gasteiger partial charge in [0.15, 0.2) is 5.11 Å². The predicted molar refractivity (Wildman–Crippen MR) is 78.2 cm³/mol. The zero-order valence-electron chi connectivity index (χ0n) is 10.3. The summed E-state index contributed by atoms with van der Waals surface area (Å²) in [6, 6.07) is 13.9. The first-order valence-electron chi connectivity index (χ1n) is 5.89. The molecule has 0 spiro atoms. The van der Waals surface area contributed by atoms with E-state index in [-0.39, 0.29) is 5.11 Å². The maximum absolute atomic E-state index is 12.1. The summed E-state index contributed by atoms with van der Waals surface area (Å²) in [5, 5.41) is 0.116. The predicted octanol–water partition coefficient (Wildman–Crippen LogP) is 1.75. The van der Waals surface area contributed by atoms with Crippen LogP contribution in [0.5, 0.6) is 0 Å². The Morgan fingerprint density at radius 3 is 2.15 bits per heavy atom. The van der Waals surface area contributed by atoms with Crippen molar-refractivity contribution in [2.45, 2.75) is 0 Å². The average molecular weight is 283 g/mol. The molecule has 0 N–H and O–H groups in total. The Hall–Kier alpha value is -2.60. The zero-order valence-corrected chi connectivity index (χ0v) is 11.1. The van der Waals surface area contributed by atoms with Crippen LogP contribution in [0.3, 0.4) is 0 Å². The number of para-hydroxylation sites is 1. The second-order valence-corrected chi connectivity index (χ2v) is 4.45. The highest BCUT2D eigenvalue weighted by molar-refractivity contribution is 7.81. The molecule has 6 heteroatoms. The molecule has 0 atom stereocenters. The van der Waals surface area contributed by atoms with Gasteiger partial charge < -0.3 is 0 Å². The topological polar surface area (TPSA) is 53.5 Å². The van der Waals surface area contributed by atoms with Gasteiger partial charge in [0.2, 0.25) is 0 Å². The molecule has 0 radical (unpaired) electrons. The fraction of sp³-hybridized carbons (Fsp3) is 0. The summed E-state index contributed by atoms with van der Waals surface area (Å²) in [7, 11) is 0. The molecule has 1 saturated heterocycles. The number of amides is 2. The van der Waals surface area contributed by atoms with E-state index in [0.717, 1.165) is 4.90 Å². The molecule has 20 heavy (non-hydrogen) atoms. The standard InChI is InChI=1S/C14H9N3O2S/c18-12-13(19)17(11-8-4-5-9-15-11)14(20)16(12)10-6-2-1-3-7-10/h1-9H. The number of nitrogens with zero attached hydrogens (tertiary/aromatic N) is 3. The summed E-state index contributed by atoms with van der Waals surface area (Å²) in [5.41, 5.74) is 0.564. The Balaban J connectivity index is 2.03. The van der Waals surface area contributed by atoms with Crippen LogP contribution in [0.1, 0.15) is 0 Å². The van der Waals surface area contributed by atoms with E-state index >= 15 is 0 Å². The molecule has 2 heterocycles. The molecule has 3 rings (SSSR count). The molecule has 1 fully saturated rings. The van der Waals surface area contributed by atoms with Crippen molar-refractivity contribution in [3.05, 3.63) is 54.7 Å². The summed E-state index contributed by atoms with van der Waals surface area (Å²) in [6.07, 6.45) is 1.54. The monoisotopic (exact) mass is 283 g/mol. The molecule has 1 aromatic heterocycles. The second-order valence-electron chi connectivity index (χ2n) is 4.09. The molecule has 1 aromatic carbocycles. The minimum atomic E-state index is -0.697. The summed E-state index contributed by atoms with van der Waals surface area (Å²) < 4.78 is 0. The number of pyridine rings is 1. The lowest BCUT2D eigenvalue weighted by Crippen LogP contribution is -2.33. The van der Waals surface area contributed by atoms with Crippen LogP contribution in [0.25, 0.3) is 0 Å². The molecule has 2 amide bonds. The van der Waals surface area contributed by atoms with Gasteiger partial charge in [0.05, 0.1) is 5.69 Å². The fourth-order valence-corrected chi connectivity index (χ4v) is 2.32. The van der Waals surface area contributed by atoms with Crippen molar-refractivity contribution in [1.82, 2.24) is 4.98 Å². The van der Waals surface area contributed by atoms with E-state index in [1.54, 1.807) is 48.7 Å². The Kier molecular flexibility index (Phi) is 3.00. The van der Waals surface area contributed by atoms with E-state index in [9.17, 15) is 9.59 Å². The number of thiocarbonyl (C=S) groups is 1. The molecule has 0 saturated carbocycles. The highest BCUT2D eigenvalue weighted by Crippen LogP contribution is 2.25. The first-order valence-corrected chi connectivity index (χ1v) is 6.29. The fourth-order valence-electron chi connectivity index (χ4n) is 1.96. The summed E-state index contributed by atoms with van der Waals surface area (Å²) in [4.78, 5) is 30.6. The summed E-state index contributed by atoms with van der Waals surface area (Å²) in [6.45, 7) is 0. The first-order chi connectivity index (χ1) is 9.70. The van der Waals surface area contributed by atoms with Gasteiger partial charge in [0, 0.05) is 6.20 Å². The molecular weight excluding hydrogens is 274 g/mol. The molecule has 2 aromatic rings. The number of carbonyl (C=O) groups is 2. The van der Waals surface area contributed by atoms with Crippen molar-refractivity contribution >= 4 is 40.6 Å². The highest BCUT2D eigenvalue weighted by atomic mass is 32.1. The van der Waals surface area contributed by atoms with E-state index in [4.69, 9.17) is 12.2 Å². The number of rotatable bonds is 2. The van der Waals surface area contributed by atoms with Gasteiger partial charge in [-0.2, -0.15) is 0 Å². The van der Waals surface area contributed by atoms with Crippen LogP contribution in [-0.2, 0) is 9.59 Å². The van der Waals surface area contributed by atoms with Crippen molar-refractivity contribution in [2.75, 3.05) is 9.80 Å². The van der Waals surface area contributed by atoms with Gasteiger partial charge in [-0.15, -0.1) is 0 Å². The van der Waals surface area contributed by atoms with Crippen molar-refractivity contribution in [1.29, 1.82) is 0 Å². The lowest BCUT2D eigenvalue weighted by atomic mass is 10.3. The van der Waals surface area contributed by atoms with Crippen molar-refractivity contribution in [3.8, 4) is 0 Å². The molecule has 0 aliphatic carbocycles. The Labute approximate surface area is 120 Å². The van der Waals surface area contributed by atoms with E-state index < -0.39 is 11.8 Å². The number of anilines is 2. The van der Waals surface area contributed by atoms with Gasteiger partial charge in [0.25, 0.3) is 0 Å². The Morgan fingerprint density at radius 1 is 0.850 bits per heavy atom. The smallest absolute Gasteiger partial charge is 0.263 e. The lowest BCUT2D eigenvalue weighted by Gasteiger charge is -2.17. The molecule has 5 nitrogen and oxygen atoms in total. The molecular formula is C14H9N3O2S. The van der Waals surface area contributed by atoms with Gasteiger partial charge in [-0.1, -0.05) is 24.3 Å². The van der Waals surface area contributed by atoms with Crippen molar-refractivity contribution in [3.63, 3.8) is 0 Å². The number of hydrogen-bond acceptors (Lipinski definition) is 4.